The second-order valence-corrected chi connectivity index (χ2v) is 8.88. The molecule has 11 heteroatoms. The number of hydrogen-bond acceptors (Lipinski definition) is 8. The van der Waals surface area contributed by atoms with E-state index in [0.717, 1.165) is 10.0 Å². The van der Waals surface area contributed by atoms with E-state index in [1.54, 1.807) is 11.0 Å². The number of carbonyl (C=O) groups excluding carboxylic acids is 1. The number of aromatic nitrogens is 2. The maximum absolute atomic E-state index is 15.1. The lowest BCUT2D eigenvalue weighted by atomic mass is 10.0. The number of hydrogen-bond donors (Lipinski definition) is 2. The first kappa shape index (κ1) is 24.0. The standard InChI is InChI=1S/C23H26BrFN6O3/c1-33-17-11-15-20(19(25)21(17)34-2)28-23(29-22(15)27)31-9-7-30(8-10-31)18(32)12-16(26)13-3-5-14(24)6-4-13/h3-6,11,16H,7-10,12,26H2,1-2H3,(H2,27,28,29)/t16-/m1/s1. The normalized spacial score (nSPS) is 14.9. The summed E-state index contributed by atoms with van der Waals surface area (Å²) in [5.41, 5.74) is 13.3. The zero-order valence-corrected chi connectivity index (χ0v) is 20.5. The van der Waals surface area contributed by atoms with Gasteiger partial charge in [0.2, 0.25) is 11.9 Å². The molecule has 2 heterocycles. The first-order valence-electron chi connectivity index (χ1n) is 10.7. The van der Waals surface area contributed by atoms with E-state index in [4.69, 9.17) is 20.9 Å². The highest BCUT2D eigenvalue weighted by molar-refractivity contribution is 9.10. The van der Waals surface area contributed by atoms with Crippen molar-refractivity contribution in [1.29, 1.82) is 0 Å². The molecule has 4 N–H and O–H groups in total. The summed E-state index contributed by atoms with van der Waals surface area (Å²) in [6.45, 7) is 1.92. The third-order valence-electron chi connectivity index (χ3n) is 5.90. The number of amides is 1. The van der Waals surface area contributed by atoms with Gasteiger partial charge in [0, 0.05) is 48.5 Å². The van der Waals surface area contributed by atoms with E-state index in [-0.39, 0.29) is 41.2 Å². The maximum atomic E-state index is 15.1. The Hall–Kier alpha value is -3.18. The van der Waals surface area contributed by atoms with Crippen LogP contribution in [0.25, 0.3) is 10.9 Å². The van der Waals surface area contributed by atoms with Crippen molar-refractivity contribution in [2.24, 2.45) is 5.73 Å². The molecule has 1 aliphatic rings. The topological polar surface area (TPSA) is 120 Å². The molecule has 34 heavy (non-hydrogen) atoms. The molecular formula is C23H26BrFN6O3. The number of nitrogen functional groups attached to an aromatic ring is 1. The number of piperazine rings is 1. The van der Waals surface area contributed by atoms with Crippen molar-refractivity contribution in [3.05, 3.63) is 46.2 Å². The highest BCUT2D eigenvalue weighted by Crippen LogP contribution is 2.37. The molecule has 1 atom stereocenters. The average molecular weight is 533 g/mol. The van der Waals surface area contributed by atoms with Crippen LogP contribution in [0.15, 0.2) is 34.8 Å². The summed E-state index contributed by atoms with van der Waals surface area (Å²) in [6.07, 6.45) is 0.216. The summed E-state index contributed by atoms with van der Waals surface area (Å²) < 4.78 is 26.3. The summed E-state index contributed by atoms with van der Waals surface area (Å²) in [4.78, 5) is 25.2. The SMILES string of the molecule is COc1cc2c(N)nc(N3CCN(C(=O)C[C@@H](N)c4ccc(Br)cc4)CC3)nc2c(F)c1OC. The number of methoxy groups -OCH3 is 2. The van der Waals surface area contributed by atoms with Crippen molar-refractivity contribution in [3.63, 3.8) is 0 Å². The van der Waals surface area contributed by atoms with Gasteiger partial charge >= 0.3 is 0 Å². The number of halogens is 2. The van der Waals surface area contributed by atoms with Crippen molar-refractivity contribution in [2.45, 2.75) is 12.5 Å². The fourth-order valence-corrected chi connectivity index (χ4v) is 4.24. The number of nitrogens with zero attached hydrogens (tertiary/aromatic N) is 4. The first-order chi connectivity index (χ1) is 16.3. The molecular weight excluding hydrogens is 507 g/mol. The van der Waals surface area contributed by atoms with Gasteiger partial charge in [-0.25, -0.2) is 9.37 Å². The summed E-state index contributed by atoms with van der Waals surface area (Å²) in [7, 11) is 2.78. The summed E-state index contributed by atoms with van der Waals surface area (Å²) in [5, 5.41) is 0.342. The Labute approximate surface area is 205 Å². The van der Waals surface area contributed by atoms with Crippen molar-refractivity contribution in [2.75, 3.05) is 51.0 Å². The number of carbonyl (C=O) groups is 1. The van der Waals surface area contributed by atoms with Crippen molar-refractivity contribution < 1.29 is 18.7 Å². The van der Waals surface area contributed by atoms with Crippen LogP contribution >= 0.6 is 15.9 Å². The highest BCUT2D eigenvalue weighted by atomic mass is 79.9. The lowest BCUT2D eigenvalue weighted by Crippen LogP contribution is -2.49. The summed E-state index contributed by atoms with van der Waals surface area (Å²) in [5.74, 6) is -0.0750. The summed E-state index contributed by atoms with van der Waals surface area (Å²) in [6, 6.07) is 8.81. The fraction of sp³-hybridized carbons (Fsp3) is 0.348. The van der Waals surface area contributed by atoms with E-state index in [9.17, 15) is 4.79 Å². The van der Waals surface area contributed by atoms with Crippen molar-refractivity contribution in [3.8, 4) is 11.5 Å². The van der Waals surface area contributed by atoms with Gasteiger partial charge in [-0.05, 0) is 23.8 Å². The van der Waals surface area contributed by atoms with Crippen molar-refractivity contribution in [1.82, 2.24) is 14.9 Å². The van der Waals surface area contributed by atoms with Crippen LogP contribution in [0.5, 0.6) is 11.5 Å². The molecule has 1 aromatic heterocycles. The molecule has 2 aromatic carbocycles. The Morgan fingerprint density at radius 3 is 2.44 bits per heavy atom. The molecule has 0 aliphatic carbocycles. The van der Waals surface area contributed by atoms with E-state index in [0.29, 0.717) is 37.5 Å². The molecule has 3 aromatic rings. The Bertz CT molecular complexity index is 1200. The minimum atomic E-state index is -0.664. The molecule has 0 bridgehead atoms. The molecule has 1 saturated heterocycles. The molecule has 0 radical (unpaired) electrons. The van der Waals surface area contributed by atoms with E-state index in [1.165, 1.54) is 14.2 Å². The third-order valence-corrected chi connectivity index (χ3v) is 6.43. The molecule has 180 valence electrons. The molecule has 1 fully saturated rings. The Kier molecular flexibility index (Phi) is 7.03. The van der Waals surface area contributed by atoms with Gasteiger partial charge in [0.25, 0.3) is 0 Å². The molecule has 0 saturated carbocycles. The van der Waals surface area contributed by atoms with Gasteiger partial charge in [-0.15, -0.1) is 0 Å². The predicted molar refractivity (Wildman–Crippen MR) is 131 cm³/mol. The summed E-state index contributed by atoms with van der Waals surface area (Å²) >= 11 is 3.40. The van der Waals surface area contributed by atoms with Gasteiger partial charge in [0.15, 0.2) is 17.3 Å². The van der Waals surface area contributed by atoms with E-state index in [2.05, 4.69) is 25.9 Å². The quantitative estimate of drug-likeness (QED) is 0.497. The lowest BCUT2D eigenvalue weighted by Gasteiger charge is -2.35. The van der Waals surface area contributed by atoms with Gasteiger partial charge in [0.05, 0.1) is 14.2 Å². The molecule has 1 aliphatic heterocycles. The highest BCUT2D eigenvalue weighted by Gasteiger charge is 2.26. The van der Waals surface area contributed by atoms with Crippen molar-refractivity contribution >= 4 is 44.5 Å². The van der Waals surface area contributed by atoms with E-state index >= 15 is 4.39 Å². The molecule has 0 spiro atoms. The van der Waals surface area contributed by atoms with Crippen LogP contribution < -0.4 is 25.8 Å². The van der Waals surface area contributed by atoms with Crippen LogP contribution in [-0.4, -0.2) is 61.2 Å². The Morgan fingerprint density at radius 1 is 1.15 bits per heavy atom. The smallest absolute Gasteiger partial charge is 0.228 e. The van der Waals surface area contributed by atoms with Gasteiger partial charge in [-0.2, -0.15) is 4.98 Å². The minimum absolute atomic E-state index is 0.0168. The molecule has 9 nitrogen and oxygen atoms in total. The second kappa shape index (κ2) is 9.98. The monoisotopic (exact) mass is 532 g/mol. The van der Waals surface area contributed by atoms with Crippen LogP contribution in [0.1, 0.15) is 18.0 Å². The van der Waals surface area contributed by atoms with Gasteiger partial charge < -0.3 is 30.7 Å². The largest absolute Gasteiger partial charge is 0.493 e. The number of nitrogens with two attached hydrogens (primary N) is 2. The van der Waals surface area contributed by atoms with Crippen LogP contribution in [0.4, 0.5) is 16.2 Å². The minimum Gasteiger partial charge on any atom is -0.493 e. The lowest BCUT2D eigenvalue weighted by molar-refractivity contribution is -0.131. The van der Waals surface area contributed by atoms with Gasteiger partial charge in [-0.3, -0.25) is 4.79 Å². The van der Waals surface area contributed by atoms with E-state index in [1.807, 2.05) is 29.2 Å². The molecule has 4 rings (SSSR count). The Morgan fingerprint density at radius 2 is 1.82 bits per heavy atom. The Balaban J connectivity index is 1.46. The zero-order chi connectivity index (χ0) is 24.4. The number of fused-ring (bicyclic) bond motifs is 1. The van der Waals surface area contributed by atoms with Crippen LogP contribution in [0, 0.1) is 5.82 Å². The number of anilines is 2. The maximum Gasteiger partial charge on any atom is 0.228 e. The second-order valence-electron chi connectivity index (χ2n) is 7.96. The average Bonchev–Trinajstić information content (AvgIpc) is 2.84. The number of ether oxygens (including phenoxy) is 2. The van der Waals surface area contributed by atoms with Crippen LogP contribution in [-0.2, 0) is 4.79 Å². The molecule has 0 unspecified atom stereocenters. The van der Waals surface area contributed by atoms with Gasteiger partial charge in [-0.1, -0.05) is 28.1 Å². The molecule has 1 amide bonds. The predicted octanol–water partition coefficient (Wildman–Crippen LogP) is 2.87. The van der Waals surface area contributed by atoms with E-state index < -0.39 is 5.82 Å². The third kappa shape index (κ3) is 4.71. The number of benzene rings is 2. The number of rotatable bonds is 6. The van der Waals surface area contributed by atoms with Crippen LogP contribution in [0.3, 0.4) is 0 Å². The van der Waals surface area contributed by atoms with Gasteiger partial charge in [0.1, 0.15) is 11.3 Å². The fourth-order valence-electron chi connectivity index (χ4n) is 3.98. The zero-order valence-electron chi connectivity index (χ0n) is 18.9. The first-order valence-corrected chi connectivity index (χ1v) is 11.5. The van der Waals surface area contributed by atoms with Crippen LogP contribution in [0.2, 0.25) is 0 Å².